The zero-order valence-electron chi connectivity index (χ0n) is 8.11. The molecule has 0 aromatic carbocycles. The largest absolute Gasteiger partial charge is 0.130 e. The summed E-state index contributed by atoms with van der Waals surface area (Å²) in [5.41, 5.74) is 0. The molecule has 72 valence electrons. The van der Waals surface area contributed by atoms with Gasteiger partial charge in [0.25, 0.3) is 0 Å². The molecular formula is C12H18S. The van der Waals surface area contributed by atoms with Crippen LogP contribution in [-0.2, 0) is 0 Å². The summed E-state index contributed by atoms with van der Waals surface area (Å²) in [6.07, 6.45) is 11.6. The predicted molar refractivity (Wildman–Crippen MR) is 58.7 cm³/mol. The summed E-state index contributed by atoms with van der Waals surface area (Å²) in [4.78, 5) is 0. The summed E-state index contributed by atoms with van der Waals surface area (Å²) in [5, 5.41) is 3.33. The lowest BCUT2D eigenvalue weighted by Crippen LogP contribution is -2.33. The van der Waals surface area contributed by atoms with Crippen LogP contribution >= 0.6 is 11.8 Å². The Morgan fingerprint density at radius 3 is 2.62 bits per heavy atom. The van der Waals surface area contributed by atoms with Gasteiger partial charge in [-0.1, -0.05) is 31.8 Å². The lowest BCUT2D eigenvalue weighted by molar-refractivity contribution is 0.153. The maximum Gasteiger partial charge on any atom is 0.0154 e. The number of fused-ring (bicyclic) bond motifs is 2. The molecule has 1 heteroatoms. The van der Waals surface area contributed by atoms with Crippen LogP contribution in [0.15, 0.2) is 11.5 Å². The lowest BCUT2D eigenvalue weighted by Gasteiger charge is -2.40. The summed E-state index contributed by atoms with van der Waals surface area (Å²) >= 11 is 2.10. The molecule has 4 atom stereocenters. The molecule has 1 heterocycles. The molecule has 0 bridgehead atoms. The second kappa shape index (κ2) is 3.34. The van der Waals surface area contributed by atoms with Gasteiger partial charge in [-0.3, -0.25) is 0 Å². The summed E-state index contributed by atoms with van der Waals surface area (Å²) in [6.45, 7) is 0. The van der Waals surface area contributed by atoms with Crippen molar-refractivity contribution in [1.29, 1.82) is 0 Å². The van der Waals surface area contributed by atoms with Gasteiger partial charge in [-0.2, -0.15) is 0 Å². The molecule has 0 nitrogen and oxygen atoms in total. The van der Waals surface area contributed by atoms with Gasteiger partial charge < -0.3 is 0 Å². The maximum atomic E-state index is 2.47. The molecule has 3 aliphatic rings. The van der Waals surface area contributed by atoms with Crippen LogP contribution in [0.4, 0.5) is 0 Å². The van der Waals surface area contributed by atoms with Crippen molar-refractivity contribution in [2.24, 2.45) is 17.8 Å². The fraction of sp³-hybridized carbons (Fsp3) is 0.833. The second-order valence-corrected chi connectivity index (χ2v) is 6.09. The van der Waals surface area contributed by atoms with Gasteiger partial charge in [-0.05, 0) is 36.0 Å². The Kier molecular flexibility index (Phi) is 2.16. The molecule has 0 radical (unpaired) electrons. The molecule has 1 aliphatic heterocycles. The van der Waals surface area contributed by atoms with E-state index in [1.165, 1.54) is 38.5 Å². The number of hydrogen-bond acceptors (Lipinski definition) is 1. The molecule has 2 aliphatic carbocycles. The molecule has 3 rings (SSSR count). The van der Waals surface area contributed by atoms with Crippen molar-refractivity contribution in [2.75, 3.05) is 0 Å². The third kappa shape index (κ3) is 1.45. The van der Waals surface area contributed by atoms with Gasteiger partial charge in [-0.15, -0.1) is 11.8 Å². The Bertz CT molecular complexity index is 221. The van der Waals surface area contributed by atoms with Crippen molar-refractivity contribution in [3.05, 3.63) is 11.5 Å². The highest BCUT2D eigenvalue weighted by atomic mass is 32.2. The van der Waals surface area contributed by atoms with Crippen molar-refractivity contribution >= 4 is 11.8 Å². The highest BCUT2D eigenvalue weighted by Gasteiger charge is 2.38. The van der Waals surface area contributed by atoms with Crippen LogP contribution in [-0.4, -0.2) is 5.25 Å². The van der Waals surface area contributed by atoms with Gasteiger partial charge in [-0.25, -0.2) is 0 Å². The van der Waals surface area contributed by atoms with E-state index < -0.39 is 0 Å². The first-order valence-corrected chi connectivity index (χ1v) is 6.70. The van der Waals surface area contributed by atoms with Crippen LogP contribution in [0.3, 0.4) is 0 Å². The molecule has 2 fully saturated rings. The minimum Gasteiger partial charge on any atom is -0.130 e. The van der Waals surface area contributed by atoms with E-state index in [1.807, 2.05) is 0 Å². The Hall–Kier alpha value is 0.0900. The topological polar surface area (TPSA) is 0 Å². The van der Waals surface area contributed by atoms with E-state index in [0.29, 0.717) is 0 Å². The molecule has 4 unspecified atom stereocenters. The van der Waals surface area contributed by atoms with Crippen LogP contribution < -0.4 is 0 Å². The standard InChI is InChI=1S/C12H18S/c1-2-4-10-8-12-11(5-6-13-12)7-9(10)3-1/h5-6,9-12H,1-4,7-8H2. The molecule has 0 N–H and O–H groups in total. The molecule has 0 saturated heterocycles. The summed E-state index contributed by atoms with van der Waals surface area (Å²) in [6, 6.07) is 0. The van der Waals surface area contributed by atoms with E-state index in [-0.39, 0.29) is 0 Å². The van der Waals surface area contributed by atoms with E-state index in [1.54, 1.807) is 0 Å². The van der Waals surface area contributed by atoms with Gasteiger partial charge in [0.1, 0.15) is 0 Å². The minimum atomic E-state index is 0.948. The Morgan fingerprint density at radius 2 is 1.77 bits per heavy atom. The number of allylic oxidation sites excluding steroid dienone is 1. The molecule has 0 aromatic heterocycles. The summed E-state index contributed by atoms with van der Waals surface area (Å²) in [7, 11) is 0. The summed E-state index contributed by atoms with van der Waals surface area (Å²) < 4.78 is 0. The first-order valence-electron chi connectivity index (χ1n) is 5.75. The SMILES string of the molecule is C1=CC2CC3CCCCC3CC2S1. The number of rotatable bonds is 0. The van der Waals surface area contributed by atoms with Crippen molar-refractivity contribution < 1.29 is 0 Å². The van der Waals surface area contributed by atoms with Gasteiger partial charge >= 0.3 is 0 Å². The van der Waals surface area contributed by atoms with E-state index in [0.717, 1.165) is 23.0 Å². The summed E-state index contributed by atoms with van der Waals surface area (Å²) in [5.74, 6) is 3.14. The second-order valence-electron chi connectivity index (χ2n) is 4.94. The van der Waals surface area contributed by atoms with Gasteiger partial charge in [0.15, 0.2) is 0 Å². The van der Waals surface area contributed by atoms with E-state index in [4.69, 9.17) is 0 Å². The fourth-order valence-electron chi connectivity index (χ4n) is 3.49. The van der Waals surface area contributed by atoms with Crippen LogP contribution in [0.2, 0.25) is 0 Å². The van der Waals surface area contributed by atoms with Gasteiger partial charge in [0.2, 0.25) is 0 Å². The minimum absolute atomic E-state index is 0.948. The smallest absolute Gasteiger partial charge is 0.0154 e. The average molecular weight is 194 g/mol. The predicted octanol–water partition coefficient (Wildman–Crippen LogP) is 3.83. The molecule has 0 amide bonds. The van der Waals surface area contributed by atoms with E-state index in [2.05, 4.69) is 23.2 Å². The molecule has 0 spiro atoms. The van der Waals surface area contributed by atoms with Crippen molar-refractivity contribution in [2.45, 2.75) is 43.8 Å². The highest BCUT2D eigenvalue weighted by molar-refractivity contribution is 8.03. The normalized spacial score (nSPS) is 48.6. The van der Waals surface area contributed by atoms with Crippen LogP contribution in [0, 0.1) is 17.8 Å². The highest BCUT2D eigenvalue weighted by Crippen LogP contribution is 2.49. The molecule has 0 aromatic rings. The fourth-order valence-corrected chi connectivity index (χ4v) is 4.74. The van der Waals surface area contributed by atoms with Gasteiger partial charge in [0.05, 0.1) is 0 Å². The third-order valence-corrected chi connectivity index (χ3v) is 5.44. The first kappa shape index (κ1) is 8.40. The Labute approximate surface area is 85.2 Å². The van der Waals surface area contributed by atoms with Crippen LogP contribution in [0.5, 0.6) is 0 Å². The molecular weight excluding hydrogens is 176 g/mol. The van der Waals surface area contributed by atoms with Gasteiger partial charge in [0, 0.05) is 5.25 Å². The Balaban J connectivity index is 1.73. The maximum absolute atomic E-state index is 2.47. The lowest BCUT2D eigenvalue weighted by atomic mass is 9.67. The van der Waals surface area contributed by atoms with E-state index in [9.17, 15) is 0 Å². The molecule has 2 saturated carbocycles. The number of hydrogen-bond donors (Lipinski definition) is 0. The first-order chi connectivity index (χ1) is 6.43. The zero-order chi connectivity index (χ0) is 8.67. The number of thioether (sulfide) groups is 1. The zero-order valence-corrected chi connectivity index (χ0v) is 8.93. The quantitative estimate of drug-likeness (QED) is 0.564. The van der Waals surface area contributed by atoms with Crippen molar-refractivity contribution in [3.63, 3.8) is 0 Å². The third-order valence-electron chi connectivity index (χ3n) is 4.23. The molecule has 13 heavy (non-hydrogen) atoms. The van der Waals surface area contributed by atoms with Crippen molar-refractivity contribution in [3.8, 4) is 0 Å². The van der Waals surface area contributed by atoms with E-state index >= 15 is 0 Å². The van der Waals surface area contributed by atoms with Crippen molar-refractivity contribution in [1.82, 2.24) is 0 Å². The Morgan fingerprint density at radius 1 is 1.00 bits per heavy atom. The van der Waals surface area contributed by atoms with Crippen LogP contribution in [0.25, 0.3) is 0 Å². The average Bonchev–Trinajstić information content (AvgIpc) is 2.61. The monoisotopic (exact) mass is 194 g/mol. The van der Waals surface area contributed by atoms with Crippen LogP contribution in [0.1, 0.15) is 38.5 Å².